The van der Waals surface area contributed by atoms with E-state index in [9.17, 15) is 37.5 Å². The highest BCUT2D eigenvalue weighted by Gasteiger charge is 2.62. The fourth-order valence-electron chi connectivity index (χ4n) is 7.46. The fraction of sp³-hybridized carbons (Fsp3) is 0.429. The SMILES string of the molecule is C=C[C@@H]1C[C@]1(NC(=O)[C@@H]1C[C@@H](Oc2nccc3cc(OC)ccc23)CN1C(=O)[C@H](CCC(=O)C=Cc1ccccc1)N(C(=O)O)C(C)(C)C)C(=O)NS(=O)(=O)C1CC1. The average Bonchev–Trinajstić information content (AvgIpc) is 4.11. The molecule has 1 saturated heterocycles. The fourth-order valence-corrected chi connectivity index (χ4v) is 8.82. The quantitative estimate of drug-likeness (QED) is 0.136. The Morgan fingerprint density at radius 2 is 1.83 bits per heavy atom. The van der Waals surface area contributed by atoms with Gasteiger partial charge in [-0.2, -0.15) is 0 Å². The second-order valence-electron chi connectivity index (χ2n) is 16.0. The van der Waals surface area contributed by atoms with Crippen molar-refractivity contribution in [2.75, 3.05) is 13.7 Å². The zero-order chi connectivity index (χ0) is 42.0. The third-order valence-electron chi connectivity index (χ3n) is 10.8. The minimum atomic E-state index is -3.96. The molecule has 2 heterocycles. The van der Waals surface area contributed by atoms with Crippen molar-refractivity contribution < 1.29 is 47.0 Å². The first-order chi connectivity index (χ1) is 27.5. The molecule has 2 saturated carbocycles. The van der Waals surface area contributed by atoms with E-state index in [1.54, 1.807) is 64.4 Å². The lowest BCUT2D eigenvalue weighted by molar-refractivity contribution is -0.144. The van der Waals surface area contributed by atoms with Gasteiger partial charge in [0.1, 0.15) is 29.5 Å². The Hall–Kier alpha value is -5.77. The summed E-state index contributed by atoms with van der Waals surface area (Å²) in [5.74, 6) is -2.51. The van der Waals surface area contributed by atoms with E-state index in [-0.39, 0.29) is 43.9 Å². The van der Waals surface area contributed by atoms with E-state index in [1.807, 2.05) is 30.3 Å². The van der Waals surface area contributed by atoms with Crippen molar-refractivity contribution in [2.45, 2.75) is 93.8 Å². The highest BCUT2D eigenvalue weighted by molar-refractivity contribution is 7.91. The number of methoxy groups -OCH3 is 1. The molecule has 2 aromatic carbocycles. The summed E-state index contributed by atoms with van der Waals surface area (Å²) in [6.45, 7) is 8.46. The molecule has 0 spiro atoms. The third-order valence-corrected chi connectivity index (χ3v) is 12.6. The van der Waals surface area contributed by atoms with Crippen LogP contribution in [0.1, 0.15) is 64.9 Å². The molecule has 2 aliphatic carbocycles. The van der Waals surface area contributed by atoms with Crippen LogP contribution in [-0.4, -0.2) is 106 Å². The van der Waals surface area contributed by atoms with Gasteiger partial charge in [0, 0.05) is 35.9 Å². The maximum Gasteiger partial charge on any atom is 0.408 e. The first kappa shape index (κ1) is 41.9. The topological polar surface area (TPSA) is 202 Å². The average molecular weight is 816 g/mol. The van der Waals surface area contributed by atoms with E-state index >= 15 is 0 Å². The highest BCUT2D eigenvalue weighted by atomic mass is 32.2. The van der Waals surface area contributed by atoms with Crippen molar-refractivity contribution in [2.24, 2.45) is 5.92 Å². The number of sulfonamides is 1. The summed E-state index contributed by atoms with van der Waals surface area (Å²) in [7, 11) is -2.42. The maximum atomic E-state index is 14.9. The summed E-state index contributed by atoms with van der Waals surface area (Å²) in [6, 6.07) is 13.5. The number of rotatable bonds is 16. The summed E-state index contributed by atoms with van der Waals surface area (Å²) in [4.78, 5) is 75.6. The van der Waals surface area contributed by atoms with Gasteiger partial charge in [-0.25, -0.2) is 18.2 Å². The molecule has 58 heavy (non-hydrogen) atoms. The van der Waals surface area contributed by atoms with Gasteiger partial charge < -0.3 is 24.8 Å². The molecule has 308 valence electrons. The van der Waals surface area contributed by atoms with Gasteiger partial charge in [-0.1, -0.05) is 42.5 Å². The third kappa shape index (κ3) is 9.17. The van der Waals surface area contributed by atoms with Crippen LogP contribution in [0.3, 0.4) is 0 Å². The molecule has 16 heteroatoms. The van der Waals surface area contributed by atoms with Crippen molar-refractivity contribution in [3.8, 4) is 11.6 Å². The number of pyridine rings is 1. The molecule has 4 amide bonds. The number of hydrogen-bond donors (Lipinski definition) is 3. The first-order valence-electron chi connectivity index (χ1n) is 19.2. The van der Waals surface area contributed by atoms with Crippen molar-refractivity contribution in [3.05, 3.63) is 85.1 Å². The van der Waals surface area contributed by atoms with Crippen LogP contribution in [0.2, 0.25) is 0 Å². The minimum absolute atomic E-state index is 0.0797. The lowest BCUT2D eigenvalue weighted by atomic mass is 9.98. The predicted octanol–water partition coefficient (Wildman–Crippen LogP) is 4.47. The standard InChI is InChI=1S/C42H49N5O10S/c1-6-28-24-42(28,39(51)45-58(54,55)32-16-17-32)44-36(49)35-23-31(57-37-33-18-15-30(56-5)22-27(33)20-21-43-37)25-46(35)38(50)34(47(40(52)53)41(2,3)4)19-14-29(48)13-12-26-10-8-7-9-11-26/h6-13,15,18,20-22,28,31-32,34-35H,1,14,16-17,19,23-25H2,2-5H3,(H,44,49)(H,45,51)(H,52,53)/t28-,31-,34+,35+,42-/m1/s1. The van der Waals surface area contributed by atoms with Crippen LogP contribution in [0.25, 0.3) is 16.8 Å². The number of carbonyl (C=O) groups excluding carboxylic acids is 4. The lowest BCUT2D eigenvalue weighted by Gasteiger charge is -2.41. The van der Waals surface area contributed by atoms with E-state index in [0.717, 1.165) is 15.8 Å². The molecular formula is C42H49N5O10S. The molecule has 1 aliphatic heterocycles. The first-order valence-corrected chi connectivity index (χ1v) is 20.7. The molecule has 0 unspecified atom stereocenters. The molecule has 3 fully saturated rings. The minimum Gasteiger partial charge on any atom is -0.497 e. The Morgan fingerprint density at radius 1 is 1.10 bits per heavy atom. The van der Waals surface area contributed by atoms with Crippen LogP contribution in [0.4, 0.5) is 4.79 Å². The molecule has 15 nitrogen and oxygen atoms in total. The molecule has 0 radical (unpaired) electrons. The molecular weight excluding hydrogens is 767 g/mol. The highest BCUT2D eigenvalue weighted by Crippen LogP contribution is 2.45. The van der Waals surface area contributed by atoms with Crippen molar-refractivity contribution >= 4 is 56.5 Å². The summed E-state index contributed by atoms with van der Waals surface area (Å²) >= 11 is 0. The monoisotopic (exact) mass is 815 g/mol. The second-order valence-corrected chi connectivity index (χ2v) is 17.9. The van der Waals surface area contributed by atoms with Crippen molar-refractivity contribution in [1.29, 1.82) is 0 Å². The van der Waals surface area contributed by atoms with Crippen LogP contribution >= 0.6 is 0 Å². The van der Waals surface area contributed by atoms with E-state index in [4.69, 9.17) is 9.47 Å². The Bertz CT molecular complexity index is 2240. The number of nitrogens with one attached hydrogen (secondary N) is 2. The number of allylic oxidation sites excluding steroid dienone is 1. The zero-order valence-corrected chi connectivity index (χ0v) is 33.7. The number of likely N-dealkylation sites (tertiary alicyclic amines) is 1. The van der Waals surface area contributed by atoms with Crippen molar-refractivity contribution in [3.63, 3.8) is 0 Å². The van der Waals surface area contributed by atoms with Crippen molar-refractivity contribution in [1.82, 2.24) is 24.8 Å². The Morgan fingerprint density at radius 3 is 2.45 bits per heavy atom. The van der Waals surface area contributed by atoms with Gasteiger partial charge in [0.25, 0.3) is 5.91 Å². The summed E-state index contributed by atoms with van der Waals surface area (Å²) in [5.41, 5.74) is -1.97. The maximum absolute atomic E-state index is 14.9. The van der Waals surface area contributed by atoms with Gasteiger partial charge >= 0.3 is 6.09 Å². The van der Waals surface area contributed by atoms with Crippen LogP contribution in [0.5, 0.6) is 11.6 Å². The van der Waals surface area contributed by atoms with E-state index in [0.29, 0.717) is 24.0 Å². The van der Waals surface area contributed by atoms with Gasteiger partial charge in [-0.05, 0) is 87.7 Å². The van der Waals surface area contributed by atoms with E-state index in [2.05, 4.69) is 21.6 Å². The number of ether oxygens (including phenoxy) is 2. The molecule has 1 aromatic heterocycles. The van der Waals surface area contributed by atoms with Crippen LogP contribution in [0, 0.1) is 5.92 Å². The summed E-state index contributed by atoms with van der Waals surface area (Å²) in [5, 5.41) is 14.0. The van der Waals surface area contributed by atoms with Gasteiger partial charge in [0.2, 0.25) is 27.7 Å². The van der Waals surface area contributed by atoms with E-state index < -0.39 is 74.3 Å². The normalized spacial score (nSPS) is 22.2. The molecule has 3 aromatic rings. The Labute approximate surface area is 337 Å². The van der Waals surface area contributed by atoms with Crippen LogP contribution in [-0.2, 0) is 29.2 Å². The Kier molecular flexibility index (Phi) is 12.0. The molecule has 3 N–H and O–H groups in total. The number of carbonyl (C=O) groups is 5. The number of aromatic nitrogens is 1. The molecule has 5 atom stereocenters. The second kappa shape index (κ2) is 16.6. The number of amides is 4. The summed E-state index contributed by atoms with van der Waals surface area (Å²) < 4.78 is 39.4. The largest absolute Gasteiger partial charge is 0.497 e. The molecule has 6 rings (SSSR count). The predicted molar refractivity (Wildman–Crippen MR) is 215 cm³/mol. The van der Waals surface area contributed by atoms with Gasteiger partial charge in [-0.15, -0.1) is 6.58 Å². The smallest absolute Gasteiger partial charge is 0.408 e. The number of nitrogens with zero attached hydrogens (tertiary/aromatic N) is 3. The van der Waals surface area contributed by atoms with Crippen LogP contribution < -0.4 is 19.5 Å². The molecule has 3 aliphatic rings. The van der Waals surface area contributed by atoms with E-state index in [1.165, 1.54) is 17.1 Å². The van der Waals surface area contributed by atoms with Crippen LogP contribution in [0.15, 0.2) is 79.5 Å². The number of fused-ring (bicyclic) bond motifs is 1. The Balaban J connectivity index is 1.32. The number of ketones is 1. The number of benzene rings is 2. The van der Waals surface area contributed by atoms with Gasteiger partial charge in [0.15, 0.2) is 5.78 Å². The zero-order valence-electron chi connectivity index (χ0n) is 32.9. The van der Waals surface area contributed by atoms with Gasteiger partial charge in [0.05, 0.1) is 18.9 Å². The molecule has 0 bridgehead atoms. The summed E-state index contributed by atoms with van der Waals surface area (Å²) in [6.07, 6.45) is 4.23. The number of hydrogen-bond acceptors (Lipinski definition) is 10. The number of carboxylic acid groups (broad SMARTS) is 1. The van der Waals surface area contributed by atoms with Gasteiger partial charge in [-0.3, -0.25) is 28.8 Å². The lowest BCUT2D eigenvalue weighted by Crippen LogP contribution is -2.61.